The van der Waals surface area contributed by atoms with E-state index in [9.17, 15) is 0 Å². The molecule has 0 fully saturated rings. The summed E-state index contributed by atoms with van der Waals surface area (Å²) >= 11 is 0. The van der Waals surface area contributed by atoms with E-state index in [0.717, 1.165) is 0 Å². The molecule has 1 atom stereocenters. The zero-order valence-electron chi connectivity index (χ0n) is 8.53. The van der Waals surface area contributed by atoms with E-state index >= 15 is 0 Å². The SMILES string of the molecule is C/C=C\C(C)CCc1ccccc1. The fourth-order valence-corrected chi connectivity index (χ4v) is 1.46. The minimum absolute atomic E-state index is 0.699. The summed E-state index contributed by atoms with van der Waals surface area (Å²) < 4.78 is 0. The van der Waals surface area contributed by atoms with Gasteiger partial charge in [0.15, 0.2) is 0 Å². The Kier molecular flexibility index (Phi) is 4.31. The van der Waals surface area contributed by atoms with Crippen LogP contribution in [0.5, 0.6) is 0 Å². The normalized spacial score (nSPS) is 13.4. The van der Waals surface area contributed by atoms with Gasteiger partial charge in [-0.25, -0.2) is 0 Å². The first-order chi connectivity index (χ1) is 6.33. The Labute approximate surface area is 81.3 Å². The molecule has 70 valence electrons. The predicted molar refractivity (Wildman–Crippen MR) is 58.7 cm³/mol. The van der Waals surface area contributed by atoms with Crippen molar-refractivity contribution in [1.29, 1.82) is 0 Å². The Balaban J connectivity index is 2.35. The van der Waals surface area contributed by atoms with Gasteiger partial charge in [-0.1, -0.05) is 49.4 Å². The number of aryl methyl sites for hydroxylation is 1. The molecule has 0 bridgehead atoms. The lowest BCUT2D eigenvalue weighted by atomic mass is 10.0. The van der Waals surface area contributed by atoms with Gasteiger partial charge < -0.3 is 0 Å². The maximum Gasteiger partial charge on any atom is -0.0259 e. The summed E-state index contributed by atoms with van der Waals surface area (Å²) in [6.45, 7) is 4.35. The molecule has 0 aliphatic carbocycles. The molecule has 0 amide bonds. The molecule has 0 heterocycles. The van der Waals surface area contributed by atoms with Crippen LogP contribution in [0.1, 0.15) is 25.8 Å². The van der Waals surface area contributed by atoms with Crippen molar-refractivity contribution in [2.45, 2.75) is 26.7 Å². The highest BCUT2D eigenvalue weighted by atomic mass is 14.0. The summed E-state index contributed by atoms with van der Waals surface area (Å²) in [6.07, 6.45) is 6.83. The zero-order chi connectivity index (χ0) is 9.52. The highest BCUT2D eigenvalue weighted by molar-refractivity contribution is 5.14. The first-order valence-electron chi connectivity index (χ1n) is 4.99. The largest absolute Gasteiger partial charge is 0.0914 e. The van der Waals surface area contributed by atoms with Gasteiger partial charge in [0.2, 0.25) is 0 Å². The van der Waals surface area contributed by atoms with Crippen molar-refractivity contribution in [3.63, 3.8) is 0 Å². The molecule has 0 aromatic heterocycles. The van der Waals surface area contributed by atoms with Crippen molar-refractivity contribution in [1.82, 2.24) is 0 Å². The van der Waals surface area contributed by atoms with Crippen LogP contribution in [0, 0.1) is 5.92 Å². The van der Waals surface area contributed by atoms with Gasteiger partial charge in [-0.05, 0) is 31.2 Å². The fourth-order valence-electron chi connectivity index (χ4n) is 1.46. The van der Waals surface area contributed by atoms with Crippen molar-refractivity contribution in [2.24, 2.45) is 5.92 Å². The highest BCUT2D eigenvalue weighted by Crippen LogP contribution is 2.10. The third-order valence-corrected chi connectivity index (χ3v) is 2.25. The summed E-state index contributed by atoms with van der Waals surface area (Å²) in [4.78, 5) is 0. The number of rotatable bonds is 4. The summed E-state index contributed by atoms with van der Waals surface area (Å²) in [7, 11) is 0. The molecule has 0 aliphatic heterocycles. The molecular formula is C13H18. The standard InChI is InChI=1S/C13H18/c1-3-7-12(2)10-11-13-8-5-4-6-9-13/h3-9,12H,10-11H2,1-2H3/b7-3-. The molecule has 0 aliphatic rings. The Morgan fingerprint density at radius 3 is 2.54 bits per heavy atom. The van der Waals surface area contributed by atoms with Gasteiger partial charge >= 0.3 is 0 Å². The molecule has 0 N–H and O–H groups in total. The third kappa shape index (κ3) is 3.93. The Morgan fingerprint density at radius 1 is 1.23 bits per heavy atom. The van der Waals surface area contributed by atoms with E-state index in [-0.39, 0.29) is 0 Å². The van der Waals surface area contributed by atoms with Crippen LogP contribution in [0.25, 0.3) is 0 Å². The quantitative estimate of drug-likeness (QED) is 0.608. The van der Waals surface area contributed by atoms with Crippen LogP contribution >= 0.6 is 0 Å². The molecule has 0 radical (unpaired) electrons. The van der Waals surface area contributed by atoms with Crippen LogP contribution in [0.15, 0.2) is 42.5 Å². The first kappa shape index (κ1) is 10.0. The van der Waals surface area contributed by atoms with Crippen LogP contribution < -0.4 is 0 Å². The van der Waals surface area contributed by atoms with Crippen molar-refractivity contribution < 1.29 is 0 Å². The summed E-state index contributed by atoms with van der Waals surface area (Å²) in [5, 5.41) is 0. The molecule has 1 rings (SSSR count). The molecule has 0 saturated heterocycles. The zero-order valence-corrected chi connectivity index (χ0v) is 8.53. The average Bonchev–Trinajstić information content (AvgIpc) is 2.17. The minimum Gasteiger partial charge on any atom is -0.0914 e. The lowest BCUT2D eigenvalue weighted by Gasteiger charge is -2.05. The van der Waals surface area contributed by atoms with Gasteiger partial charge in [0.25, 0.3) is 0 Å². The van der Waals surface area contributed by atoms with Gasteiger partial charge in [-0.3, -0.25) is 0 Å². The first-order valence-corrected chi connectivity index (χ1v) is 4.99. The van der Waals surface area contributed by atoms with Gasteiger partial charge in [0.1, 0.15) is 0 Å². The van der Waals surface area contributed by atoms with Gasteiger partial charge in [-0.15, -0.1) is 0 Å². The number of allylic oxidation sites excluding steroid dienone is 2. The molecule has 1 aromatic rings. The molecule has 1 unspecified atom stereocenters. The van der Waals surface area contributed by atoms with Crippen molar-refractivity contribution in [3.8, 4) is 0 Å². The molecule has 0 heteroatoms. The lowest BCUT2D eigenvalue weighted by Crippen LogP contribution is -1.93. The molecule has 0 saturated carbocycles. The molecule has 13 heavy (non-hydrogen) atoms. The van der Waals surface area contributed by atoms with Gasteiger partial charge in [0.05, 0.1) is 0 Å². The maximum absolute atomic E-state index is 2.27. The Morgan fingerprint density at radius 2 is 1.92 bits per heavy atom. The second-order valence-electron chi connectivity index (χ2n) is 3.53. The van der Waals surface area contributed by atoms with Crippen LogP contribution in [-0.4, -0.2) is 0 Å². The predicted octanol–water partition coefficient (Wildman–Crippen LogP) is 3.83. The highest BCUT2D eigenvalue weighted by Gasteiger charge is 1.97. The molecule has 0 spiro atoms. The van der Waals surface area contributed by atoms with Crippen LogP contribution in [0.4, 0.5) is 0 Å². The van der Waals surface area contributed by atoms with Crippen LogP contribution in [0.3, 0.4) is 0 Å². The van der Waals surface area contributed by atoms with E-state index in [1.54, 1.807) is 0 Å². The van der Waals surface area contributed by atoms with E-state index in [0.29, 0.717) is 5.92 Å². The lowest BCUT2D eigenvalue weighted by molar-refractivity contribution is 0.647. The smallest absolute Gasteiger partial charge is 0.0259 e. The third-order valence-electron chi connectivity index (χ3n) is 2.25. The second kappa shape index (κ2) is 5.58. The summed E-state index contributed by atoms with van der Waals surface area (Å²) in [5.41, 5.74) is 1.44. The minimum atomic E-state index is 0.699. The molecule has 0 nitrogen and oxygen atoms in total. The average molecular weight is 174 g/mol. The monoisotopic (exact) mass is 174 g/mol. The summed E-state index contributed by atoms with van der Waals surface area (Å²) in [6, 6.07) is 10.7. The van der Waals surface area contributed by atoms with Crippen LogP contribution in [0.2, 0.25) is 0 Å². The molecule has 1 aromatic carbocycles. The molecular weight excluding hydrogens is 156 g/mol. The van der Waals surface area contributed by atoms with E-state index < -0.39 is 0 Å². The number of hydrogen-bond acceptors (Lipinski definition) is 0. The van der Waals surface area contributed by atoms with E-state index in [1.165, 1.54) is 18.4 Å². The number of hydrogen-bond donors (Lipinski definition) is 0. The fraction of sp³-hybridized carbons (Fsp3) is 0.385. The maximum atomic E-state index is 2.27. The van der Waals surface area contributed by atoms with Crippen molar-refractivity contribution >= 4 is 0 Å². The Bertz CT molecular complexity index is 246. The van der Waals surface area contributed by atoms with Crippen LogP contribution in [-0.2, 0) is 6.42 Å². The van der Waals surface area contributed by atoms with Crippen molar-refractivity contribution in [3.05, 3.63) is 48.0 Å². The second-order valence-corrected chi connectivity index (χ2v) is 3.53. The van der Waals surface area contributed by atoms with E-state index in [4.69, 9.17) is 0 Å². The van der Waals surface area contributed by atoms with E-state index in [1.807, 2.05) is 0 Å². The summed E-state index contributed by atoms with van der Waals surface area (Å²) in [5.74, 6) is 0.699. The van der Waals surface area contributed by atoms with Gasteiger partial charge in [-0.2, -0.15) is 0 Å². The topological polar surface area (TPSA) is 0 Å². The Hall–Kier alpha value is -1.04. The van der Waals surface area contributed by atoms with Gasteiger partial charge in [0, 0.05) is 0 Å². The van der Waals surface area contributed by atoms with E-state index in [2.05, 4.69) is 56.3 Å². The number of benzene rings is 1. The van der Waals surface area contributed by atoms with Crippen molar-refractivity contribution in [2.75, 3.05) is 0 Å².